The molecule has 0 unspecified atom stereocenters. The molecule has 2 aromatic carbocycles. The lowest BCUT2D eigenvalue weighted by atomic mass is 10.0. The number of hydrogen-bond donors (Lipinski definition) is 1. The van der Waals surface area contributed by atoms with Gasteiger partial charge in [0.05, 0.1) is 16.1 Å². The van der Waals surface area contributed by atoms with Crippen molar-refractivity contribution in [2.75, 3.05) is 31.5 Å². The second-order valence-electron chi connectivity index (χ2n) is 8.97. The van der Waals surface area contributed by atoms with Gasteiger partial charge in [-0.25, -0.2) is 8.42 Å². The van der Waals surface area contributed by atoms with Crippen LogP contribution in [0.4, 0.5) is 5.69 Å². The standard InChI is InChI=1S/C25H31N3O4S/c1-19-12-16-28(17-13-19)33(31,32)21-9-7-8-20(18-21)24(29)26-23-11-4-3-10-22(23)25(30)27-14-5-2-6-15-27/h3-4,7-11,18-19H,2,5-6,12-17H2,1H3,(H,26,29). The molecule has 2 amide bonds. The highest BCUT2D eigenvalue weighted by Gasteiger charge is 2.29. The highest BCUT2D eigenvalue weighted by atomic mass is 32.2. The maximum atomic E-state index is 13.1. The number of nitrogens with zero attached hydrogens (tertiary/aromatic N) is 2. The van der Waals surface area contributed by atoms with Crippen molar-refractivity contribution in [1.82, 2.24) is 9.21 Å². The first-order valence-corrected chi connectivity index (χ1v) is 13.1. The molecular weight excluding hydrogens is 438 g/mol. The third-order valence-electron chi connectivity index (χ3n) is 6.53. The molecule has 4 rings (SSSR count). The van der Waals surface area contributed by atoms with E-state index >= 15 is 0 Å². The van der Waals surface area contributed by atoms with Gasteiger partial charge in [0.1, 0.15) is 0 Å². The predicted octanol–water partition coefficient (Wildman–Crippen LogP) is 3.99. The monoisotopic (exact) mass is 469 g/mol. The fourth-order valence-electron chi connectivity index (χ4n) is 4.41. The van der Waals surface area contributed by atoms with E-state index in [2.05, 4.69) is 12.2 Å². The quantitative estimate of drug-likeness (QED) is 0.717. The Morgan fingerprint density at radius 2 is 1.61 bits per heavy atom. The van der Waals surface area contributed by atoms with E-state index in [-0.39, 0.29) is 16.4 Å². The zero-order valence-corrected chi connectivity index (χ0v) is 19.8. The van der Waals surface area contributed by atoms with Crippen LogP contribution in [0.15, 0.2) is 53.4 Å². The van der Waals surface area contributed by atoms with Gasteiger partial charge in [-0.1, -0.05) is 25.1 Å². The Labute approximate surface area is 195 Å². The summed E-state index contributed by atoms with van der Waals surface area (Å²) in [5, 5.41) is 2.82. The molecule has 0 saturated carbocycles. The third kappa shape index (κ3) is 5.28. The number of anilines is 1. The van der Waals surface area contributed by atoms with Crippen molar-refractivity contribution >= 4 is 27.5 Å². The molecule has 0 bridgehead atoms. The molecule has 0 aliphatic carbocycles. The van der Waals surface area contributed by atoms with Gasteiger partial charge in [-0.3, -0.25) is 9.59 Å². The maximum Gasteiger partial charge on any atom is 0.255 e. The molecule has 1 N–H and O–H groups in total. The van der Waals surface area contributed by atoms with E-state index in [1.54, 1.807) is 36.4 Å². The van der Waals surface area contributed by atoms with Crippen molar-refractivity contribution in [1.29, 1.82) is 0 Å². The number of para-hydroxylation sites is 1. The summed E-state index contributed by atoms with van der Waals surface area (Å²) in [6.07, 6.45) is 4.76. The van der Waals surface area contributed by atoms with Crippen LogP contribution >= 0.6 is 0 Å². The lowest BCUT2D eigenvalue weighted by molar-refractivity contribution is 0.0725. The molecule has 2 aliphatic rings. The minimum absolute atomic E-state index is 0.0961. The first kappa shape index (κ1) is 23.4. The molecule has 8 heteroatoms. The molecule has 0 atom stereocenters. The molecule has 0 aromatic heterocycles. The van der Waals surface area contributed by atoms with E-state index in [4.69, 9.17) is 0 Å². The number of likely N-dealkylation sites (tertiary alicyclic amines) is 1. The minimum atomic E-state index is -3.66. The van der Waals surface area contributed by atoms with Crippen LogP contribution in [0.3, 0.4) is 0 Å². The zero-order valence-electron chi connectivity index (χ0n) is 19.0. The Bertz CT molecular complexity index is 1120. The minimum Gasteiger partial charge on any atom is -0.339 e. The second kappa shape index (κ2) is 10.1. The molecular formula is C25H31N3O4S. The van der Waals surface area contributed by atoms with Crippen LogP contribution in [0.25, 0.3) is 0 Å². The van der Waals surface area contributed by atoms with Gasteiger partial charge in [0.15, 0.2) is 0 Å². The SMILES string of the molecule is CC1CCN(S(=O)(=O)c2cccc(C(=O)Nc3ccccc3C(=O)N3CCCCC3)c2)CC1. The van der Waals surface area contributed by atoms with Gasteiger partial charge in [-0.2, -0.15) is 4.31 Å². The molecule has 0 spiro atoms. The maximum absolute atomic E-state index is 13.1. The van der Waals surface area contributed by atoms with E-state index in [9.17, 15) is 18.0 Å². The van der Waals surface area contributed by atoms with Crippen LogP contribution in [0.1, 0.15) is 59.7 Å². The molecule has 0 radical (unpaired) electrons. The lowest BCUT2D eigenvalue weighted by Gasteiger charge is -2.29. The predicted molar refractivity (Wildman–Crippen MR) is 128 cm³/mol. The number of hydrogen-bond acceptors (Lipinski definition) is 4. The smallest absolute Gasteiger partial charge is 0.255 e. The van der Waals surface area contributed by atoms with E-state index in [0.29, 0.717) is 30.3 Å². The van der Waals surface area contributed by atoms with Crippen LogP contribution in [0.2, 0.25) is 0 Å². The molecule has 2 aromatic rings. The van der Waals surface area contributed by atoms with Crippen molar-refractivity contribution in [2.24, 2.45) is 5.92 Å². The Kier molecular flexibility index (Phi) is 7.14. The average molecular weight is 470 g/mol. The molecule has 176 valence electrons. The van der Waals surface area contributed by atoms with Crippen LogP contribution < -0.4 is 5.32 Å². The van der Waals surface area contributed by atoms with Crippen LogP contribution in [0, 0.1) is 5.92 Å². The number of amides is 2. The number of piperidine rings is 2. The van der Waals surface area contributed by atoms with E-state index in [1.165, 1.54) is 16.4 Å². The van der Waals surface area contributed by atoms with Crippen molar-refractivity contribution in [3.05, 3.63) is 59.7 Å². The number of nitrogens with one attached hydrogen (secondary N) is 1. The van der Waals surface area contributed by atoms with E-state index < -0.39 is 15.9 Å². The summed E-state index contributed by atoms with van der Waals surface area (Å²) in [4.78, 5) is 28.0. The zero-order chi connectivity index (χ0) is 23.4. The normalized spacial score (nSPS) is 18.2. The molecule has 7 nitrogen and oxygen atoms in total. The highest BCUT2D eigenvalue weighted by molar-refractivity contribution is 7.89. The van der Waals surface area contributed by atoms with Crippen molar-refractivity contribution in [3.8, 4) is 0 Å². The molecule has 2 saturated heterocycles. The van der Waals surface area contributed by atoms with E-state index in [1.807, 2.05) is 4.90 Å². The van der Waals surface area contributed by atoms with Crippen molar-refractivity contribution in [2.45, 2.75) is 43.9 Å². The summed E-state index contributed by atoms with van der Waals surface area (Å²) in [5.41, 5.74) is 1.11. The second-order valence-corrected chi connectivity index (χ2v) is 10.9. The molecule has 2 heterocycles. The van der Waals surface area contributed by atoms with Gasteiger partial charge in [-0.05, 0) is 68.4 Å². The summed E-state index contributed by atoms with van der Waals surface area (Å²) in [7, 11) is -3.66. The summed E-state index contributed by atoms with van der Waals surface area (Å²) in [5.74, 6) is -0.0271. The lowest BCUT2D eigenvalue weighted by Crippen LogP contribution is -2.38. The number of rotatable bonds is 5. The third-order valence-corrected chi connectivity index (χ3v) is 8.42. The van der Waals surface area contributed by atoms with Crippen LogP contribution in [-0.2, 0) is 10.0 Å². The van der Waals surface area contributed by atoms with Crippen molar-refractivity contribution in [3.63, 3.8) is 0 Å². The summed E-state index contributed by atoms with van der Waals surface area (Å²) in [6, 6.07) is 13.1. The van der Waals surface area contributed by atoms with Gasteiger partial charge >= 0.3 is 0 Å². The number of carbonyl (C=O) groups excluding carboxylic acids is 2. The average Bonchev–Trinajstić information content (AvgIpc) is 2.85. The first-order chi connectivity index (χ1) is 15.9. The molecule has 33 heavy (non-hydrogen) atoms. The fourth-order valence-corrected chi connectivity index (χ4v) is 5.93. The highest BCUT2D eigenvalue weighted by Crippen LogP contribution is 2.25. The first-order valence-electron chi connectivity index (χ1n) is 11.7. The van der Waals surface area contributed by atoms with Gasteiger partial charge in [-0.15, -0.1) is 0 Å². The van der Waals surface area contributed by atoms with Gasteiger partial charge in [0, 0.05) is 31.7 Å². The molecule has 2 aliphatic heterocycles. The summed E-state index contributed by atoms with van der Waals surface area (Å²) in [6.45, 7) is 4.55. The summed E-state index contributed by atoms with van der Waals surface area (Å²) < 4.78 is 27.7. The van der Waals surface area contributed by atoms with Crippen LogP contribution in [-0.4, -0.2) is 55.6 Å². The Hall–Kier alpha value is -2.71. The number of benzene rings is 2. The number of carbonyl (C=O) groups is 2. The van der Waals surface area contributed by atoms with Crippen LogP contribution in [0.5, 0.6) is 0 Å². The van der Waals surface area contributed by atoms with Gasteiger partial charge in [0.2, 0.25) is 10.0 Å². The Morgan fingerprint density at radius 1 is 0.909 bits per heavy atom. The Balaban J connectivity index is 1.53. The summed E-state index contributed by atoms with van der Waals surface area (Å²) >= 11 is 0. The number of sulfonamides is 1. The van der Waals surface area contributed by atoms with E-state index in [0.717, 1.165) is 45.2 Å². The molecule has 2 fully saturated rings. The Morgan fingerprint density at radius 3 is 2.33 bits per heavy atom. The fraction of sp³-hybridized carbons (Fsp3) is 0.440. The largest absolute Gasteiger partial charge is 0.339 e. The van der Waals surface area contributed by atoms with Crippen molar-refractivity contribution < 1.29 is 18.0 Å². The topological polar surface area (TPSA) is 86.8 Å². The van der Waals surface area contributed by atoms with Gasteiger partial charge in [0.25, 0.3) is 11.8 Å². The van der Waals surface area contributed by atoms with Gasteiger partial charge < -0.3 is 10.2 Å².